The first-order valence-electron chi connectivity index (χ1n) is 6.35. The quantitative estimate of drug-likeness (QED) is 0.506. The molecule has 2 aromatic rings. The van der Waals surface area contributed by atoms with Crippen LogP contribution in [0, 0.1) is 30.9 Å². The van der Waals surface area contributed by atoms with Gasteiger partial charge in [0.05, 0.1) is 16.3 Å². The molecular weight excluding hydrogens is 270 g/mol. The molecule has 108 valence electrons. The van der Waals surface area contributed by atoms with Crippen LogP contribution in [0.2, 0.25) is 0 Å². The zero-order valence-electron chi connectivity index (χ0n) is 12.0. The average Bonchev–Trinajstić information content (AvgIpc) is 2.43. The highest BCUT2D eigenvalue weighted by molar-refractivity contribution is 5.54. The number of azo groups is 1. The molecule has 0 aliphatic carbocycles. The molecule has 0 heterocycles. The van der Waals surface area contributed by atoms with Crippen LogP contribution < -0.4 is 0 Å². The summed E-state index contributed by atoms with van der Waals surface area (Å²) in [4.78, 5) is 10.3. The SMILES string of the molecule is Cc1ccc([N+](=O)[O-])cc1N=Nc1cc(C)c(O)c(C)c1. The molecule has 0 saturated heterocycles. The van der Waals surface area contributed by atoms with E-state index >= 15 is 0 Å². The molecule has 2 aromatic carbocycles. The Balaban J connectivity index is 2.37. The molecule has 0 aromatic heterocycles. The van der Waals surface area contributed by atoms with Crippen LogP contribution in [0.15, 0.2) is 40.6 Å². The minimum absolute atomic E-state index is 0.0207. The van der Waals surface area contributed by atoms with Crippen molar-refractivity contribution in [2.24, 2.45) is 10.2 Å². The lowest BCUT2D eigenvalue weighted by molar-refractivity contribution is -0.384. The largest absolute Gasteiger partial charge is 0.507 e. The van der Waals surface area contributed by atoms with E-state index < -0.39 is 4.92 Å². The lowest BCUT2D eigenvalue weighted by atomic mass is 10.1. The van der Waals surface area contributed by atoms with Gasteiger partial charge in [-0.2, -0.15) is 10.2 Å². The maximum Gasteiger partial charge on any atom is 0.271 e. The number of rotatable bonds is 3. The number of hydrogen-bond donors (Lipinski definition) is 1. The zero-order valence-corrected chi connectivity index (χ0v) is 12.0. The van der Waals surface area contributed by atoms with Crippen molar-refractivity contribution in [1.29, 1.82) is 0 Å². The number of phenols is 1. The van der Waals surface area contributed by atoms with Crippen molar-refractivity contribution in [3.63, 3.8) is 0 Å². The second kappa shape index (κ2) is 5.70. The van der Waals surface area contributed by atoms with Crippen molar-refractivity contribution in [3.05, 3.63) is 57.1 Å². The van der Waals surface area contributed by atoms with Crippen LogP contribution in [0.5, 0.6) is 5.75 Å². The van der Waals surface area contributed by atoms with Crippen LogP contribution in [0.3, 0.4) is 0 Å². The van der Waals surface area contributed by atoms with Crippen LogP contribution in [0.25, 0.3) is 0 Å². The predicted molar refractivity (Wildman–Crippen MR) is 79.6 cm³/mol. The van der Waals surface area contributed by atoms with Gasteiger partial charge < -0.3 is 5.11 Å². The van der Waals surface area contributed by atoms with Crippen molar-refractivity contribution in [1.82, 2.24) is 0 Å². The van der Waals surface area contributed by atoms with Crippen molar-refractivity contribution in [2.75, 3.05) is 0 Å². The third-order valence-corrected chi connectivity index (χ3v) is 3.15. The molecule has 6 nitrogen and oxygen atoms in total. The number of aromatic hydroxyl groups is 1. The van der Waals surface area contributed by atoms with E-state index in [1.807, 2.05) is 6.92 Å². The van der Waals surface area contributed by atoms with Crippen molar-refractivity contribution in [2.45, 2.75) is 20.8 Å². The van der Waals surface area contributed by atoms with Gasteiger partial charge in [0.15, 0.2) is 0 Å². The number of hydrogen-bond acceptors (Lipinski definition) is 5. The van der Waals surface area contributed by atoms with Crippen LogP contribution in [-0.4, -0.2) is 10.0 Å². The first kappa shape index (κ1) is 14.6. The lowest BCUT2D eigenvalue weighted by Crippen LogP contribution is -1.87. The maximum atomic E-state index is 10.8. The van der Waals surface area contributed by atoms with E-state index in [9.17, 15) is 15.2 Å². The summed E-state index contributed by atoms with van der Waals surface area (Å²) in [6, 6.07) is 7.87. The van der Waals surface area contributed by atoms with Gasteiger partial charge in [-0.05, 0) is 49.6 Å². The van der Waals surface area contributed by atoms with Crippen LogP contribution in [-0.2, 0) is 0 Å². The van der Waals surface area contributed by atoms with Crippen molar-refractivity contribution in [3.8, 4) is 5.75 Å². The summed E-state index contributed by atoms with van der Waals surface area (Å²) >= 11 is 0. The first-order chi connectivity index (χ1) is 9.88. The van der Waals surface area contributed by atoms with Crippen molar-refractivity contribution < 1.29 is 10.0 Å². The van der Waals surface area contributed by atoms with Gasteiger partial charge in [-0.15, -0.1) is 0 Å². The summed E-state index contributed by atoms with van der Waals surface area (Å²) in [6.45, 7) is 5.37. The standard InChI is InChI=1S/C15H15N3O3/c1-9-4-5-13(18(20)21)8-14(9)17-16-12-6-10(2)15(19)11(3)7-12/h4-8,19H,1-3H3. The third-order valence-electron chi connectivity index (χ3n) is 3.15. The molecule has 1 N–H and O–H groups in total. The summed E-state index contributed by atoms with van der Waals surface area (Å²) in [5.41, 5.74) is 3.24. The second-order valence-electron chi connectivity index (χ2n) is 4.86. The van der Waals surface area contributed by atoms with Gasteiger partial charge in [0.2, 0.25) is 0 Å². The van der Waals surface area contributed by atoms with Crippen LogP contribution in [0.4, 0.5) is 17.1 Å². The Morgan fingerprint density at radius 2 is 1.62 bits per heavy atom. The fraction of sp³-hybridized carbons (Fsp3) is 0.200. The Morgan fingerprint density at radius 3 is 2.19 bits per heavy atom. The number of benzene rings is 2. The van der Waals surface area contributed by atoms with Crippen molar-refractivity contribution >= 4 is 17.1 Å². The Morgan fingerprint density at radius 1 is 1.00 bits per heavy atom. The molecule has 0 unspecified atom stereocenters. The molecule has 0 fully saturated rings. The van der Waals surface area contributed by atoms with Crippen LogP contribution in [0.1, 0.15) is 16.7 Å². The van der Waals surface area contributed by atoms with Gasteiger partial charge in [-0.25, -0.2) is 0 Å². The van der Waals surface area contributed by atoms with E-state index in [4.69, 9.17) is 0 Å². The number of phenolic OH excluding ortho intramolecular Hbond substituents is 1. The molecule has 0 bridgehead atoms. The van der Waals surface area contributed by atoms with Gasteiger partial charge in [-0.1, -0.05) is 6.07 Å². The molecule has 0 aliphatic rings. The van der Waals surface area contributed by atoms with Gasteiger partial charge in [0.1, 0.15) is 5.75 Å². The summed E-state index contributed by atoms with van der Waals surface area (Å²) in [7, 11) is 0. The molecule has 6 heteroatoms. The highest BCUT2D eigenvalue weighted by Gasteiger charge is 2.08. The topological polar surface area (TPSA) is 88.1 Å². The fourth-order valence-electron chi connectivity index (χ4n) is 1.92. The minimum Gasteiger partial charge on any atom is -0.507 e. The highest BCUT2D eigenvalue weighted by atomic mass is 16.6. The number of nitrogens with zero attached hydrogens (tertiary/aromatic N) is 3. The fourth-order valence-corrected chi connectivity index (χ4v) is 1.92. The van der Waals surface area contributed by atoms with Crippen LogP contribution >= 0.6 is 0 Å². The van der Waals surface area contributed by atoms with Gasteiger partial charge in [0.25, 0.3) is 5.69 Å². The average molecular weight is 285 g/mol. The molecule has 0 radical (unpaired) electrons. The smallest absolute Gasteiger partial charge is 0.271 e. The Bertz CT molecular complexity index is 716. The Kier molecular flexibility index (Phi) is 3.98. The molecular formula is C15H15N3O3. The van der Waals surface area contributed by atoms with E-state index in [0.29, 0.717) is 22.5 Å². The molecule has 0 atom stereocenters. The first-order valence-corrected chi connectivity index (χ1v) is 6.35. The summed E-state index contributed by atoms with van der Waals surface area (Å²) in [5, 5.41) is 28.6. The minimum atomic E-state index is -0.465. The molecule has 0 saturated carbocycles. The van der Waals surface area contributed by atoms with E-state index in [1.54, 1.807) is 32.0 Å². The molecule has 0 spiro atoms. The summed E-state index contributed by atoms with van der Waals surface area (Å²) in [5.74, 6) is 0.237. The Labute approximate surface area is 121 Å². The monoisotopic (exact) mass is 285 g/mol. The maximum absolute atomic E-state index is 10.8. The van der Waals surface area contributed by atoms with Gasteiger partial charge >= 0.3 is 0 Å². The summed E-state index contributed by atoms with van der Waals surface area (Å²) in [6.07, 6.45) is 0. The molecule has 21 heavy (non-hydrogen) atoms. The predicted octanol–water partition coefficient (Wildman–Crippen LogP) is 4.64. The third kappa shape index (κ3) is 3.22. The van der Waals surface area contributed by atoms with Gasteiger partial charge in [-0.3, -0.25) is 10.1 Å². The number of nitro groups is 1. The number of nitro benzene ring substituents is 1. The number of non-ortho nitro benzene ring substituents is 1. The molecule has 0 amide bonds. The second-order valence-corrected chi connectivity index (χ2v) is 4.86. The lowest BCUT2D eigenvalue weighted by Gasteiger charge is -2.04. The normalized spacial score (nSPS) is 11.0. The Hall–Kier alpha value is -2.76. The molecule has 0 aliphatic heterocycles. The van der Waals surface area contributed by atoms with Gasteiger partial charge in [0, 0.05) is 12.1 Å². The molecule has 2 rings (SSSR count). The van der Waals surface area contributed by atoms with E-state index in [2.05, 4.69) is 10.2 Å². The highest BCUT2D eigenvalue weighted by Crippen LogP contribution is 2.30. The van der Waals surface area contributed by atoms with E-state index in [1.165, 1.54) is 12.1 Å². The van der Waals surface area contributed by atoms with E-state index in [-0.39, 0.29) is 11.4 Å². The number of aryl methyl sites for hydroxylation is 3. The zero-order chi connectivity index (χ0) is 15.6. The van der Waals surface area contributed by atoms with E-state index in [0.717, 1.165) is 5.56 Å². The summed E-state index contributed by atoms with van der Waals surface area (Å²) < 4.78 is 0.